The lowest BCUT2D eigenvalue weighted by Crippen LogP contribution is -2.45. The summed E-state index contributed by atoms with van der Waals surface area (Å²) >= 11 is 0. The van der Waals surface area contributed by atoms with E-state index in [1.807, 2.05) is 0 Å². The maximum atomic E-state index is 12.3. The average Bonchev–Trinajstić information content (AvgIpc) is 3.20. The molecule has 2 amide bonds. The second-order valence-corrected chi connectivity index (χ2v) is 5.99. The molecule has 0 radical (unpaired) electrons. The van der Waals surface area contributed by atoms with Crippen molar-refractivity contribution in [1.29, 1.82) is 0 Å². The molecule has 23 heavy (non-hydrogen) atoms. The molecule has 7 nitrogen and oxygen atoms in total. The molecule has 124 valence electrons. The van der Waals surface area contributed by atoms with Crippen LogP contribution in [0, 0.1) is 0 Å². The van der Waals surface area contributed by atoms with Gasteiger partial charge in [-0.05, 0) is 38.9 Å². The van der Waals surface area contributed by atoms with Crippen LogP contribution < -0.4 is 20.1 Å². The molecule has 0 unspecified atom stereocenters. The van der Waals surface area contributed by atoms with Gasteiger partial charge >= 0.3 is 0 Å². The summed E-state index contributed by atoms with van der Waals surface area (Å²) in [6.07, 6.45) is 2.10. The predicted molar refractivity (Wildman–Crippen MR) is 84.5 cm³/mol. The van der Waals surface area contributed by atoms with Gasteiger partial charge in [0.1, 0.15) is 0 Å². The van der Waals surface area contributed by atoms with Gasteiger partial charge in [0.2, 0.25) is 18.6 Å². The van der Waals surface area contributed by atoms with Gasteiger partial charge in [-0.25, -0.2) is 0 Å². The number of fused-ring (bicyclic) bond motifs is 1. The lowest BCUT2D eigenvalue weighted by Gasteiger charge is -2.23. The highest BCUT2D eigenvalue weighted by atomic mass is 16.7. The van der Waals surface area contributed by atoms with Crippen LogP contribution in [0.25, 0.3) is 0 Å². The number of carbonyl (C=O) groups excluding carboxylic acids is 2. The van der Waals surface area contributed by atoms with E-state index in [1.165, 1.54) is 0 Å². The van der Waals surface area contributed by atoms with Crippen molar-refractivity contribution >= 4 is 17.5 Å². The molecule has 1 saturated carbocycles. The molecule has 0 bridgehead atoms. The Morgan fingerprint density at radius 3 is 2.78 bits per heavy atom. The van der Waals surface area contributed by atoms with Crippen LogP contribution >= 0.6 is 0 Å². The van der Waals surface area contributed by atoms with Gasteiger partial charge in [-0.3, -0.25) is 14.5 Å². The van der Waals surface area contributed by atoms with E-state index in [2.05, 4.69) is 10.6 Å². The zero-order valence-electron chi connectivity index (χ0n) is 13.3. The van der Waals surface area contributed by atoms with Crippen molar-refractivity contribution in [3.8, 4) is 11.5 Å². The number of nitrogens with one attached hydrogen (secondary N) is 2. The fourth-order valence-electron chi connectivity index (χ4n) is 2.29. The van der Waals surface area contributed by atoms with Crippen LogP contribution in [0.5, 0.6) is 11.5 Å². The number of likely N-dealkylation sites (N-methyl/N-ethyl adjacent to an activating group) is 1. The van der Waals surface area contributed by atoms with Gasteiger partial charge in [-0.1, -0.05) is 0 Å². The van der Waals surface area contributed by atoms with E-state index in [9.17, 15) is 9.59 Å². The summed E-state index contributed by atoms with van der Waals surface area (Å²) in [4.78, 5) is 25.8. The SMILES string of the molecule is C[C@@H](C(=O)Nc1ccc2c(c1)OCO2)N(C)CC(=O)NC1CC1. The van der Waals surface area contributed by atoms with Crippen molar-refractivity contribution in [3.63, 3.8) is 0 Å². The van der Waals surface area contributed by atoms with Crippen LogP contribution in [0.3, 0.4) is 0 Å². The zero-order valence-corrected chi connectivity index (χ0v) is 13.3. The first-order valence-electron chi connectivity index (χ1n) is 7.73. The van der Waals surface area contributed by atoms with Gasteiger partial charge in [-0.15, -0.1) is 0 Å². The zero-order chi connectivity index (χ0) is 16.4. The van der Waals surface area contributed by atoms with Gasteiger partial charge in [-0.2, -0.15) is 0 Å². The van der Waals surface area contributed by atoms with Crippen LogP contribution in [0.15, 0.2) is 18.2 Å². The Labute approximate surface area is 134 Å². The molecule has 1 fully saturated rings. The van der Waals surface area contributed by atoms with Crippen LogP contribution in [0.4, 0.5) is 5.69 Å². The Bertz CT molecular complexity index is 615. The number of anilines is 1. The second-order valence-electron chi connectivity index (χ2n) is 5.99. The van der Waals surface area contributed by atoms with Crippen LogP contribution in [0.2, 0.25) is 0 Å². The molecule has 1 aliphatic heterocycles. The summed E-state index contributed by atoms with van der Waals surface area (Å²) in [5, 5.41) is 5.74. The van der Waals surface area contributed by atoms with Gasteiger partial charge in [0.05, 0.1) is 12.6 Å². The first kappa shape index (κ1) is 15.6. The standard InChI is InChI=1S/C16H21N3O4/c1-10(19(2)8-15(20)17-11-3-4-11)16(21)18-12-5-6-13-14(7-12)23-9-22-13/h5-7,10-11H,3-4,8-9H2,1-2H3,(H,17,20)(H,18,21)/t10-/m0/s1. The molecule has 0 spiro atoms. The highest BCUT2D eigenvalue weighted by Crippen LogP contribution is 2.34. The molecule has 1 atom stereocenters. The fourth-order valence-corrected chi connectivity index (χ4v) is 2.29. The number of amides is 2. The molecule has 3 rings (SSSR count). The van der Waals surface area contributed by atoms with E-state index in [-0.39, 0.29) is 25.2 Å². The third kappa shape index (κ3) is 3.92. The highest BCUT2D eigenvalue weighted by Gasteiger charge is 2.26. The van der Waals surface area contributed by atoms with E-state index in [4.69, 9.17) is 9.47 Å². The molecule has 2 aliphatic rings. The maximum absolute atomic E-state index is 12.3. The third-order valence-electron chi connectivity index (χ3n) is 4.02. The lowest BCUT2D eigenvalue weighted by molar-refractivity contribution is -0.124. The van der Waals surface area contributed by atoms with Gasteiger partial charge in [0.25, 0.3) is 0 Å². The molecule has 0 aromatic heterocycles. The van der Waals surface area contributed by atoms with Gasteiger partial charge in [0, 0.05) is 17.8 Å². The minimum Gasteiger partial charge on any atom is -0.454 e. The Balaban J connectivity index is 1.53. The Morgan fingerprint density at radius 2 is 2.04 bits per heavy atom. The molecule has 1 heterocycles. The highest BCUT2D eigenvalue weighted by molar-refractivity contribution is 5.95. The number of rotatable bonds is 6. The molecule has 0 saturated heterocycles. The minimum atomic E-state index is -0.426. The van der Waals surface area contributed by atoms with Crippen molar-refractivity contribution in [2.24, 2.45) is 0 Å². The van der Waals surface area contributed by atoms with E-state index in [1.54, 1.807) is 37.1 Å². The lowest BCUT2D eigenvalue weighted by atomic mass is 10.2. The molecule has 1 aliphatic carbocycles. The number of hydrogen-bond acceptors (Lipinski definition) is 5. The van der Waals surface area contributed by atoms with Crippen molar-refractivity contribution in [3.05, 3.63) is 18.2 Å². The Kier molecular flexibility index (Phi) is 4.38. The summed E-state index contributed by atoms with van der Waals surface area (Å²) in [6.45, 7) is 2.17. The first-order valence-corrected chi connectivity index (χ1v) is 7.73. The number of hydrogen-bond donors (Lipinski definition) is 2. The van der Waals surface area contributed by atoms with E-state index in [0.717, 1.165) is 12.8 Å². The second kappa shape index (κ2) is 6.45. The summed E-state index contributed by atoms with van der Waals surface area (Å²) in [5.41, 5.74) is 0.641. The van der Waals surface area contributed by atoms with Crippen LogP contribution in [-0.4, -0.2) is 49.2 Å². The van der Waals surface area contributed by atoms with Gasteiger partial charge in [0.15, 0.2) is 11.5 Å². The van der Waals surface area contributed by atoms with Gasteiger partial charge < -0.3 is 20.1 Å². The van der Waals surface area contributed by atoms with Crippen molar-refractivity contribution < 1.29 is 19.1 Å². The Hall–Kier alpha value is -2.28. The Morgan fingerprint density at radius 1 is 1.30 bits per heavy atom. The molecule has 2 N–H and O–H groups in total. The summed E-state index contributed by atoms with van der Waals surface area (Å²) < 4.78 is 10.5. The quantitative estimate of drug-likeness (QED) is 0.816. The predicted octanol–water partition coefficient (Wildman–Crippen LogP) is 0.953. The largest absolute Gasteiger partial charge is 0.454 e. The third-order valence-corrected chi connectivity index (χ3v) is 4.02. The average molecular weight is 319 g/mol. The number of ether oxygens (including phenoxy) is 2. The molecule has 1 aromatic rings. The maximum Gasteiger partial charge on any atom is 0.241 e. The van der Waals surface area contributed by atoms with Crippen LogP contribution in [0.1, 0.15) is 19.8 Å². The van der Waals surface area contributed by atoms with Crippen molar-refractivity contribution in [2.45, 2.75) is 31.8 Å². The van der Waals surface area contributed by atoms with E-state index < -0.39 is 6.04 Å². The number of nitrogens with zero attached hydrogens (tertiary/aromatic N) is 1. The minimum absolute atomic E-state index is 0.0438. The summed E-state index contributed by atoms with van der Waals surface area (Å²) in [6, 6.07) is 5.15. The first-order chi connectivity index (χ1) is 11.0. The molecular formula is C16H21N3O4. The summed E-state index contributed by atoms with van der Waals surface area (Å²) in [5.74, 6) is 1.07. The smallest absolute Gasteiger partial charge is 0.241 e. The molecular weight excluding hydrogens is 298 g/mol. The van der Waals surface area contributed by atoms with E-state index >= 15 is 0 Å². The van der Waals surface area contributed by atoms with E-state index in [0.29, 0.717) is 23.2 Å². The monoisotopic (exact) mass is 319 g/mol. The normalized spacial score (nSPS) is 17.0. The van der Waals surface area contributed by atoms with Crippen molar-refractivity contribution in [2.75, 3.05) is 25.7 Å². The number of benzene rings is 1. The van der Waals surface area contributed by atoms with Crippen molar-refractivity contribution in [1.82, 2.24) is 10.2 Å². The topological polar surface area (TPSA) is 79.9 Å². The molecule has 1 aromatic carbocycles. The summed E-state index contributed by atoms with van der Waals surface area (Å²) in [7, 11) is 1.76. The van der Waals surface area contributed by atoms with Crippen LogP contribution in [-0.2, 0) is 9.59 Å². The molecule has 7 heteroatoms. The fraction of sp³-hybridized carbons (Fsp3) is 0.500. The number of carbonyl (C=O) groups is 2.